The number of aryl methyl sites for hydroxylation is 1. The Labute approximate surface area is 93.6 Å². The summed E-state index contributed by atoms with van der Waals surface area (Å²) in [7, 11) is 1.42. The van der Waals surface area contributed by atoms with Gasteiger partial charge in [0, 0.05) is 6.42 Å². The van der Waals surface area contributed by atoms with E-state index in [-0.39, 0.29) is 5.97 Å². The van der Waals surface area contributed by atoms with Crippen molar-refractivity contribution in [3.8, 4) is 0 Å². The standard InChI is InChI=1S/C12H14N2O2/c1-16-12(15)4-2-3-9-5-6-10-11(7-9)14-8-13-10/h5-8H,2-4H2,1H3,(H,13,14). The van der Waals surface area contributed by atoms with Crippen molar-refractivity contribution in [2.24, 2.45) is 0 Å². The zero-order valence-corrected chi connectivity index (χ0v) is 9.19. The van der Waals surface area contributed by atoms with Gasteiger partial charge >= 0.3 is 5.97 Å². The first-order chi connectivity index (χ1) is 7.79. The van der Waals surface area contributed by atoms with E-state index in [2.05, 4.69) is 20.8 Å². The molecule has 0 aliphatic heterocycles. The highest BCUT2D eigenvalue weighted by Crippen LogP contribution is 2.13. The third-order valence-corrected chi connectivity index (χ3v) is 2.56. The minimum Gasteiger partial charge on any atom is -0.469 e. The molecule has 0 bridgehead atoms. The Morgan fingerprint density at radius 1 is 1.50 bits per heavy atom. The summed E-state index contributed by atoms with van der Waals surface area (Å²) in [5, 5.41) is 0. The van der Waals surface area contributed by atoms with Gasteiger partial charge in [0.1, 0.15) is 0 Å². The number of aromatic nitrogens is 2. The molecule has 0 aliphatic rings. The van der Waals surface area contributed by atoms with Crippen LogP contribution in [0.4, 0.5) is 0 Å². The Hall–Kier alpha value is -1.84. The lowest BCUT2D eigenvalue weighted by atomic mass is 10.1. The highest BCUT2D eigenvalue weighted by Gasteiger charge is 2.02. The predicted molar refractivity (Wildman–Crippen MR) is 61.0 cm³/mol. The minimum atomic E-state index is -0.150. The molecule has 4 heteroatoms. The molecule has 0 aliphatic carbocycles. The fraction of sp³-hybridized carbons (Fsp3) is 0.333. The van der Waals surface area contributed by atoms with Gasteiger partial charge in [-0.2, -0.15) is 0 Å². The van der Waals surface area contributed by atoms with E-state index in [1.807, 2.05) is 12.1 Å². The molecule has 0 amide bonds. The molecule has 16 heavy (non-hydrogen) atoms. The summed E-state index contributed by atoms with van der Waals surface area (Å²) in [5.41, 5.74) is 3.22. The van der Waals surface area contributed by atoms with Crippen molar-refractivity contribution in [3.05, 3.63) is 30.1 Å². The fourth-order valence-corrected chi connectivity index (χ4v) is 1.68. The van der Waals surface area contributed by atoms with Crippen LogP contribution in [0.25, 0.3) is 11.0 Å². The molecule has 0 saturated heterocycles. The molecule has 2 aromatic rings. The van der Waals surface area contributed by atoms with Crippen LogP contribution in [0.15, 0.2) is 24.5 Å². The van der Waals surface area contributed by atoms with E-state index in [0.29, 0.717) is 6.42 Å². The molecule has 2 rings (SSSR count). The van der Waals surface area contributed by atoms with Gasteiger partial charge in [-0.3, -0.25) is 4.79 Å². The topological polar surface area (TPSA) is 55.0 Å². The van der Waals surface area contributed by atoms with Crippen molar-refractivity contribution in [3.63, 3.8) is 0 Å². The molecule has 0 spiro atoms. The zero-order valence-electron chi connectivity index (χ0n) is 9.19. The number of carbonyl (C=O) groups is 1. The number of esters is 1. The number of rotatable bonds is 4. The van der Waals surface area contributed by atoms with E-state index >= 15 is 0 Å². The molecule has 0 radical (unpaired) electrons. The number of methoxy groups -OCH3 is 1. The summed E-state index contributed by atoms with van der Waals surface area (Å²) in [6.07, 6.45) is 3.84. The SMILES string of the molecule is COC(=O)CCCc1ccc2nc[nH]c2c1. The van der Waals surface area contributed by atoms with Gasteiger partial charge in [-0.1, -0.05) is 6.07 Å². The molecule has 84 valence electrons. The molecule has 4 nitrogen and oxygen atoms in total. The largest absolute Gasteiger partial charge is 0.469 e. The van der Waals surface area contributed by atoms with Gasteiger partial charge in [-0.15, -0.1) is 0 Å². The van der Waals surface area contributed by atoms with Crippen molar-refractivity contribution in [1.29, 1.82) is 0 Å². The van der Waals surface area contributed by atoms with E-state index in [0.717, 1.165) is 23.9 Å². The second kappa shape index (κ2) is 4.79. The maximum Gasteiger partial charge on any atom is 0.305 e. The number of ether oxygens (including phenoxy) is 1. The van der Waals surface area contributed by atoms with E-state index in [4.69, 9.17) is 0 Å². The van der Waals surface area contributed by atoms with Gasteiger partial charge in [0.15, 0.2) is 0 Å². The molecule has 0 fully saturated rings. The van der Waals surface area contributed by atoms with Crippen LogP contribution in [0.3, 0.4) is 0 Å². The first-order valence-corrected chi connectivity index (χ1v) is 5.28. The molecule has 1 aromatic carbocycles. The minimum absolute atomic E-state index is 0.150. The van der Waals surface area contributed by atoms with Gasteiger partial charge in [0.2, 0.25) is 0 Å². The number of hydrogen-bond acceptors (Lipinski definition) is 3. The first-order valence-electron chi connectivity index (χ1n) is 5.28. The Morgan fingerprint density at radius 2 is 2.38 bits per heavy atom. The zero-order chi connectivity index (χ0) is 11.4. The number of hydrogen-bond donors (Lipinski definition) is 1. The van der Waals surface area contributed by atoms with Crippen LogP contribution in [0.1, 0.15) is 18.4 Å². The van der Waals surface area contributed by atoms with Crippen molar-refractivity contribution < 1.29 is 9.53 Å². The van der Waals surface area contributed by atoms with Crippen LogP contribution in [0, 0.1) is 0 Å². The van der Waals surface area contributed by atoms with Crippen LogP contribution in [0.5, 0.6) is 0 Å². The third kappa shape index (κ3) is 2.39. The summed E-state index contributed by atoms with van der Waals surface area (Å²) in [6, 6.07) is 6.10. The van der Waals surface area contributed by atoms with Gasteiger partial charge in [0.05, 0.1) is 24.5 Å². The number of benzene rings is 1. The van der Waals surface area contributed by atoms with Crippen LogP contribution < -0.4 is 0 Å². The summed E-state index contributed by atoms with van der Waals surface area (Å²) >= 11 is 0. The van der Waals surface area contributed by atoms with Gasteiger partial charge in [-0.25, -0.2) is 4.98 Å². The Morgan fingerprint density at radius 3 is 3.19 bits per heavy atom. The number of nitrogens with zero attached hydrogens (tertiary/aromatic N) is 1. The monoisotopic (exact) mass is 218 g/mol. The van der Waals surface area contributed by atoms with Crippen molar-refractivity contribution in [2.45, 2.75) is 19.3 Å². The number of aromatic amines is 1. The average Bonchev–Trinajstić information content (AvgIpc) is 2.76. The van der Waals surface area contributed by atoms with Crippen molar-refractivity contribution in [1.82, 2.24) is 9.97 Å². The van der Waals surface area contributed by atoms with Gasteiger partial charge in [-0.05, 0) is 30.5 Å². The van der Waals surface area contributed by atoms with Crippen LogP contribution in [0.2, 0.25) is 0 Å². The average molecular weight is 218 g/mol. The normalized spacial score (nSPS) is 10.6. The number of fused-ring (bicyclic) bond motifs is 1. The third-order valence-electron chi connectivity index (χ3n) is 2.56. The van der Waals surface area contributed by atoms with E-state index in [1.165, 1.54) is 12.7 Å². The predicted octanol–water partition coefficient (Wildman–Crippen LogP) is 2.06. The van der Waals surface area contributed by atoms with Crippen molar-refractivity contribution >= 4 is 17.0 Å². The maximum atomic E-state index is 10.9. The summed E-state index contributed by atoms with van der Waals surface area (Å²) in [6.45, 7) is 0. The smallest absolute Gasteiger partial charge is 0.305 e. The molecule has 1 N–H and O–H groups in total. The quantitative estimate of drug-likeness (QED) is 0.799. The Bertz CT molecular complexity index is 490. The number of imidazole rings is 1. The Kier molecular flexibility index (Phi) is 3.19. The second-order valence-corrected chi connectivity index (χ2v) is 3.68. The van der Waals surface area contributed by atoms with Crippen molar-refractivity contribution in [2.75, 3.05) is 7.11 Å². The number of carbonyl (C=O) groups excluding carboxylic acids is 1. The lowest BCUT2D eigenvalue weighted by molar-refractivity contribution is -0.140. The van der Waals surface area contributed by atoms with E-state index in [9.17, 15) is 4.79 Å². The summed E-state index contributed by atoms with van der Waals surface area (Å²) in [5.74, 6) is -0.150. The fourth-order valence-electron chi connectivity index (χ4n) is 1.68. The lowest BCUT2D eigenvalue weighted by Gasteiger charge is -2.01. The molecular weight excluding hydrogens is 204 g/mol. The molecule has 0 atom stereocenters. The molecule has 1 heterocycles. The number of H-pyrrole nitrogens is 1. The highest BCUT2D eigenvalue weighted by atomic mass is 16.5. The summed E-state index contributed by atoms with van der Waals surface area (Å²) in [4.78, 5) is 18.2. The first kappa shape index (κ1) is 10.7. The van der Waals surface area contributed by atoms with Crippen LogP contribution >= 0.6 is 0 Å². The lowest BCUT2D eigenvalue weighted by Crippen LogP contribution is -2.00. The Balaban J connectivity index is 1.96. The van der Waals surface area contributed by atoms with Gasteiger partial charge < -0.3 is 9.72 Å². The maximum absolute atomic E-state index is 10.9. The van der Waals surface area contributed by atoms with E-state index < -0.39 is 0 Å². The molecule has 0 saturated carbocycles. The van der Waals surface area contributed by atoms with E-state index in [1.54, 1.807) is 6.33 Å². The van der Waals surface area contributed by atoms with Crippen LogP contribution in [-0.4, -0.2) is 23.0 Å². The number of nitrogens with one attached hydrogen (secondary N) is 1. The van der Waals surface area contributed by atoms with Gasteiger partial charge in [0.25, 0.3) is 0 Å². The van der Waals surface area contributed by atoms with Crippen LogP contribution in [-0.2, 0) is 16.0 Å². The summed E-state index contributed by atoms with van der Waals surface area (Å²) < 4.78 is 4.59. The molecular formula is C12H14N2O2. The molecule has 1 aromatic heterocycles. The highest BCUT2D eigenvalue weighted by molar-refractivity contribution is 5.75. The second-order valence-electron chi connectivity index (χ2n) is 3.68. The molecule has 0 unspecified atom stereocenters.